The second-order valence-corrected chi connectivity index (χ2v) is 4.93. The minimum atomic E-state index is -0.692. The number of benzene rings is 1. The molecule has 1 aromatic rings. The predicted molar refractivity (Wildman–Crippen MR) is 73.6 cm³/mol. The highest BCUT2D eigenvalue weighted by molar-refractivity contribution is 5.66. The number of hydrogen-bond donors (Lipinski definition) is 1. The van der Waals surface area contributed by atoms with E-state index in [1.54, 1.807) is 0 Å². The molecule has 0 bridgehead atoms. The van der Waals surface area contributed by atoms with Crippen molar-refractivity contribution in [3.63, 3.8) is 0 Å². The molecule has 0 unspecified atom stereocenters. The Kier molecular flexibility index (Phi) is 6.44. The van der Waals surface area contributed by atoms with Crippen molar-refractivity contribution in [3.05, 3.63) is 35.4 Å². The fourth-order valence-electron chi connectivity index (χ4n) is 2.04. The zero-order valence-corrected chi connectivity index (χ0v) is 11.4. The van der Waals surface area contributed by atoms with Crippen LogP contribution >= 0.6 is 0 Å². The number of nitrogens with zero attached hydrogens (tertiary/aromatic N) is 1. The molecule has 0 spiro atoms. The number of carboxylic acids is 1. The van der Waals surface area contributed by atoms with Crippen LogP contribution in [0, 0.1) is 6.92 Å². The molecule has 1 aromatic carbocycles. The minimum absolute atomic E-state index is 0.293. The van der Waals surface area contributed by atoms with Crippen molar-refractivity contribution in [2.45, 2.75) is 39.2 Å². The summed E-state index contributed by atoms with van der Waals surface area (Å²) >= 11 is 0. The van der Waals surface area contributed by atoms with Crippen LogP contribution in [0.2, 0.25) is 0 Å². The maximum atomic E-state index is 10.4. The highest BCUT2D eigenvalue weighted by atomic mass is 16.4. The van der Waals surface area contributed by atoms with Gasteiger partial charge in [-0.3, -0.25) is 4.79 Å². The van der Waals surface area contributed by atoms with Crippen LogP contribution in [0.3, 0.4) is 0 Å². The zero-order valence-electron chi connectivity index (χ0n) is 11.4. The highest BCUT2D eigenvalue weighted by Crippen LogP contribution is 2.08. The monoisotopic (exact) mass is 249 g/mol. The van der Waals surface area contributed by atoms with Crippen molar-refractivity contribution < 1.29 is 9.90 Å². The summed E-state index contributed by atoms with van der Waals surface area (Å²) in [5.74, 6) is -0.692. The van der Waals surface area contributed by atoms with Gasteiger partial charge in [0.15, 0.2) is 0 Å². The molecule has 18 heavy (non-hydrogen) atoms. The van der Waals surface area contributed by atoms with Gasteiger partial charge in [0.05, 0.1) is 0 Å². The van der Waals surface area contributed by atoms with Crippen LogP contribution in [0.25, 0.3) is 0 Å². The Balaban J connectivity index is 2.17. The van der Waals surface area contributed by atoms with E-state index in [0.717, 1.165) is 32.4 Å². The van der Waals surface area contributed by atoms with E-state index in [9.17, 15) is 4.79 Å². The topological polar surface area (TPSA) is 40.5 Å². The molecule has 1 rings (SSSR count). The average molecular weight is 249 g/mol. The second-order valence-electron chi connectivity index (χ2n) is 4.93. The summed E-state index contributed by atoms with van der Waals surface area (Å²) in [5.41, 5.74) is 2.63. The first-order chi connectivity index (χ1) is 8.58. The van der Waals surface area contributed by atoms with Gasteiger partial charge in [0.1, 0.15) is 0 Å². The van der Waals surface area contributed by atoms with Gasteiger partial charge in [0, 0.05) is 13.0 Å². The maximum Gasteiger partial charge on any atom is 0.303 e. The van der Waals surface area contributed by atoms with E-state index in [0.29, 0.717) is 6.42 Å². The molecule has 3 nitrogen and oxygen atoms in total. The Morgan fingerprint density at radius 2 is 2.06 bits per heavy atom. The van der Waals surface area contributed by atoms with Gasteiger partial charge >= 0.3 is 5.97 Å². The van der Waals surface area contributed by atoms with Crippen molar-refractivity contribution in [2.24, 2.45) is 0 Å². The fraction of sp³-hybridized carbons (Fsp3) is 0.533. The lowest BCUT2D eigenvalue weighted by molar-refractivity contribution is -0.137. The first-order valence-electron chi connectivity index (χ1n) is 6.54. The van der Waals surface area contributed by atoms with Crippen LogP contribution in [0.15, 0.2) is 24.3 Å². The Labute approximate surface area is 109 Å². The third kappa shape index (κ3) is 6.40. The van der Waals surface area contributed by atoms with Crippen LogP contribution in [-0.2, 0) is 11.3 Å². The fourth-order valence-corrected chi connectivity index (χ4v) is 2.04. The van der Waals surface area contributed by atoms with Gasteiger partial charge in [-0.25, -0.2) is 0 Å². The summed E-state index contributed by atoms with van der Waals surface area (Å²) in [6, 6.07) is 8.55. The van der Waals surface area contributed by atoms with Gasteiger partial charge in [-0.1, -0.05) is 36.2 Å². The number of carboxylic acid groups (broad SMARTS) is 1. The van der Waals surface area contributed by atoms with Crippen LogP contribution in [0.4, 0.5) is 0 Å². The van der Waals surface area contributed by atoms with E-state index in [4.69, 9.17) is 5.11 Å². The number of unbranched alkanes of at least 4 members (excludes halogenated alkanes) is 2. The van der Waals surface area contributed by atoms with E-state index in [2.05, 4.69) is 43.1 Å². The summed E-state index contributed by atoms with van der Waals surface area (Å²) in [7, 11) is 2.11. The molecule has 0 saturated carbocycles. The van der Waals surface area contributed by atoms with E-state index in [1.165, 1.54) is 11.1 Å². The van der Waals surface area contributed by atoms with Gasteiger partial charge in [-0.2, -0.15) is 0 Å². The van der Waals surface area contributed by atoms with Crippen molar-refractivity contribution in [1.29, 1.82) is 0 Å². The van der Waals surface area contributed by atoms with Gasteiger partial charge in [0.25, 0.3) is 0 Å². The smallest absolute Gasteiger partial charge is 0.303 e. The number of aliphatic carboxylic acids is 1. The molecule has 0 saturated heterocycles. The molecule has 100 valence electrons. The van der Waals surface area contributed by atoms with Crippen LogP contribution in [-0.4, -0.2) is 29.6 Å². The molecule has 0 aliphatic rings. The Hall–Kier alpha value is -1.35. The third-order valence-corrected chi connectivity index (χ3v) is 2.97. The Bertz CT molecular complexity index is 377. The van der Waals surface area contributed by atoms with Gasteiger partial charge < -0.3 is 10.0 Å². The molecule has 1 N–H and O–H groups in total. The largest absolute Gasteiger partial charge is 0.481 e. The lowest BCUT2D eigenvalue weighted by Gasteiger charge is -2.16. The van der Waals surface area contributed by atoms with Crippen LogP contribution < -0.4 is 0 Å². The molecule has 0 atom stereocenters. The summed E-state index contributed by atoms with van der Waals surface area (Å²) < 4.78 is 0. The van der Waals surface area contributed by atoms with Crippen LogP contribution in [0.5, 0.6) is 0 Å². The third-order valence-electron chi connectivity index (χ3n) is 2.97. The van der Waals surface area contributed by atoms with Crippen molar-refractivity contribution in [2.75, 3.05) is 13.6 Å². The maximum absolute atomic E-state index is 10.4. The molecule has 3 heteroatoms. The standard InChI is InChI=1S/C15H23NO2/c1-13-7-6-8-14(11-13)12-16(2)10-5-3-4-9-15(17)18/h6-8,11H,3-5,9-10,12H2,1-2H3,(H,17,18). The van der Waals surface area contributed by atoms with Crippen molar-refractivity contribution in [3.8, 4) is 0 Å². The molecular weight excluding hydrogens is 226 g/mol. The number of hydrogen-bond acceptors (Lipinski definition) is 2. The Morgan fingerprint density at radius 1 is 1.28 bits per heavy atom. The summed E-state index contributed by atoms with van der Waals surface area (Å²) in [6.45, 7) is 4.09. The summed E-state index contributed by atoms with van der Waals surface area (Å²) in [5, 5.41) is 8.53. The van der Waals surface area contributed by atoms with Gasteiger partial charge in [-0.15, -0.1) is 0 Å². The zero-order chi connectivity index (χ0) is 13.4. The van der Waals surface area contributed by atoms with E-state index < -0.39 is 5.97 Å². The molecule has 0 aliphatic carbocycles. The van der Waals surface area contributed by atoms with Gasteiger partial charge in [0.2, 0.25) is 0 Å². The lowest BCUT2D eigenvalue weighted by Crippen LogP contribution is -2.19. The molecule has 0 aromatic heterocycles. The lowest BCUT2D eigenvalue weighted by atomic mass is 10.1. The van der Waals surface area contributed by atoms with Crippen molar-refractivity contribution >= 4 is 5.97 Å². The number of carbonyl (C=O) groups is 1. The molecule has 0 fully saturated rings. The van der Waals surface area contributed by atoms with Crippen molar-refractivity contribution in [1.82, 2.24) is 4.90 Å². The molecule has 0 heterocycles. The number of aryl methyl sites for hydroxylation is 1. The second kappa shape index (κ2) is 7.88. The summed E-state index contributed by atoms with van der Waals surface area (Å²) in [6.07, 6.45) is 3.13. The van der Waals surface area contributed by atoms with E-state index in [1.807, 2.05) is 0 Å². The normalized spacial score (nSPS) is 10.8. The van der Waals surface area contributed by atoms with E-state index >= 15 is 0 Å². The average Bonchev–Trinajstić information content (AvgIpc) is 2.28. The van der Waals surface area contributed by atoms with Crippen LogP contribution in [0.1, 0.15) is 36.8 Å². The highest BCUT2D eigenvalue weighted by Gasteiger charge is 2.01. The predicted octanol–water partition coefficient (Wildman–Crippen LogP) is 3.07. The molecule has 0 radical (unpaired) electrons. The minimum Gasteiger partial charge on any atom is -0.481 e. The SMILES string of the molecule is Cc1cccc(CN(C)CCCCCC(=O)O)c1. The molecular formula is C15H23NO2. The molecule has 0 aliphatic heterocycles. The summed E-state index contributed by atoms with van der Waals surface area (Å²) in [4.78, 5) is 12.6. The quantitative estimate of drug-likeness (QED) is 0.720. The van der Waals surface area contributed by atoms with Gasteiger partial charge in [-0.05, 0) is 38.9 Å². The number of rotatable bonds is 8. The first-order valence-corrected chi connectivity index (χ1v) is 6.54. The molecule has 0 amide bonds. The Morgan fingerprint density at radius 3 is 2.72 bits per heavy atom. The first kappa shape index (κ1) is 14.7. The van der Waals surface area contributed by atoms with E-state index in [-0.39, 0.29) is 0 Å².